The van der Waals surface area contributed by atoms with Gasteiger partial charge in [0.15, 0.2) is 0 Å². The zero-order chi connectivity index (χ0) is 10.7. The van der Waals surface area contributed by atoms with Gasteiger partial charge < -0.3 is 5.11 Å². The third-order valence-electron chi connectivity index (χ3n) is 1.92. The number of aromatic nitrogens is 1. The van der Waals surface area contributed by atoms with Gasteiger partial charge in [-0.1, -0.05) is 0 Å². The van der Waals surface area contributed by atoms with Crippen LogP contribution in [0.4, 0.5) is 8.78 Å². The highest BCUT2D eigenvalue weighted by molar-refractivity contribution is 5.41. The topological polar surface area (TPSA) is 56.9 Å². The molecular weight excluding hydrogens is 190 g/mol. The van der Waals surface area contributed by atoms with E-state index in [0.717, 1.165) is 0 Å². The number of aromatic hydroxyl groups is 1. The summed E-state index contributed by atoms with van der Waals surface area (Å²) >= 11 is 0. The van der Waals surface area contributed by atoms with Crippen LogP contribution in [0, 0.1) is 18.3 Å². The van der Waals surface area contributed by atoms with Crippen LogP contribution in [0.3, 0.4) is 0 Å². The fraction of sp³-hybridized carbons (Fsp3) is 0.333. The van der Waals surface area contributed by atoms with Gasteiger partial charge >= 0.3 is 0 Å². The Bertz CT molecular complexity index is 385. The molecule has 0 aliphatic heterocycles. The van der Waals surface area contributed by atoms with E-state index in [-0.39, 0.29) is 12.0 Å². The number of pyridine rings is 1. The van der Waals surface area contributed by atoms with Gasteiger partial charge in [0.1, 0.15) is 11.4 Å². The van der Waals surface area contributed by atoms with E-state index in [2.05, 4.69) is 4.98 Å². The van der Waals surface area contributed by atoms with Gasteiger partial charge in [-0.3, -0.25) is 4.98 Å². The zero-order valence-electron chi connectivity index (χ0n) is 7.46. The van der Waals surface area contributed by atoms with Crippen LogP contribution in [-0.4, -0.2) is 10.1 Å². The van der Waals surface area contributed by atoms with Gasteiger partial charge in [-0.05, 0) is 18.1 Å². The highest BCUT2D eigenvalue weighted by Crippen LogP contribution is 2.30. The number of hydrogen-bond acceptors (Lipinski definition) is 3. The first-order valence-corrected chi connectivity index (χ1v) is 3.90. The van der Waals surface area contributed by atoms with Crippen LogP contribution in [0.15, 0.2) is 6.20 Å². The fourth-order valence-corrected chi connectivity index (χ4v) is 1.07. The Morgan fingerprint density at radius 1 is 1.64 bits per heavy atom. The van der Waals surface area contributed by atoms with Gasteiger partial charge in [0, 0.05) is 6.20 Å². The quantitative estimate of drug-likeness (QED) is 0.791. The maximum absolute atomic E-state index is 12.2. The van der Waals surface area contributed by atoms with E-state index < -0.39 is 17.9 Å². The molecule has 0 aromatic carbocycles. The molecule has 0 radical (unpaired) electrons. The molecule has 0 spiro atoms. The molecule has 3 nitrogen and oxygen atoms in total. The standard InChI is InChI=1S/C9H8F2N2O/c1-5-6(2-3-12)4-13-7(8(5)14)9(10)11/h4,9,14H,2H2,1H3. The summed E-state index contributed by atoms with van der Waals surface area (Å²) in [6, 6.07) is 1.86. The first-order valence-electron chi connectivity index (χ1n) is 3.90. The summed E-state index contributed by atoms with van der Waals surface area (Å²) in [6.45, 7) is 1.48. The average molecular weight is 198 g/mol. The summed E-state index contributed by atoms with van der Waals surface area (Å²) in [7, 11) is 0. The molecule has 5 heteroatoms. The van der Waals surface area contributed by atoms with Gasteiger partial charge in [0.05, 0.1) is 12.5 Å². The molecule has 1 aromatic heterocycles. The number of rotatable bonds is 2. The minimum Gasteiger partial charge on any atom is -0.506 e. The van der Waals surface area contributed by atoms with Crippen molar-refractivity contribution in [3.8, 4) is 11.8 Å². The van der Waals surface area contributed by atoms with Crippen molar-refractivity contribution in [1.29, 1.82) is 5.26 Å². The first-order chi connectivity index (χ1) is 6.57. The highest BCUT2D eigenvalue weighted by atomic mass is 19.3. The van der Waals surface area contributed by atoms with E-state index in [4.69, 9.17) is 5.26 Å². The largest absolute Gasteiger partial charge is 0.506 e. The molecule has 1 heterocycles. The Morgan fingerprint density at radius 3 is 2.79 bits per heavy atom. The van der Waals surface area contributed by atoms with Crippen LogP contribution in [0.1, 0.15) is 23.2 Å². The van der Waals surface area contributed by atoms with E-state index in [1.54, 1.807) is 0 Å². The SMILES string of the molecule is Cc1c(CC#N)cnc(C(F)F)c1O. The molecule has 0 unspecified atom stereocenters. The van der Waals surface area contributed by atoms with Crippen molar-refractivity contribution in [1.82, 2.24) is 4.98 Å². The van der Waals surface area contributed by atoms with E-state index in [9.17, 15) is 13.9 Å². The highest BCUT2D eigenvalue weighted by Gasteiger charge is 2.17. The minimum atomic E-state index is -2.80. The zero-order valence-corrected chi connectivity index (χ0v) is 7.46. The van der Waals surface area contributed by atoms with Gasteiger partial charge in [-0.25, -0.2) is 8.78 Å². The van der Waals surface area contributed by atoms with Crippen LogP contribution >= 0.6 is 0 Å². The van der Waals surface area contributed by atoms with Gasteiger partial charge in [-0.2, -0.15) is 5.26 Å². The molecule has 0 atom stereocenters. The molecule has 14 heavy (non-hydrogen) atoms. The third-order valence-corrected chi connectivity index (χ3v) is 1.92. The summed E-state index contributed by atoms with van der Waals surface area (Å²) < 4.78 is 24.5. The van der Waals surface area contributed by atoms with Crippen molar-refractivity contribution in [3.05, 3.63) is 23.0 Å². The number of alkyl halides is 2. The predicted molar refractivity (Wildman–Crippen MR) is 44.9 cm³/mol. The molecule has 0 bridgehead atoms. The van der Waals surface area contributed by atoms with Crippen LogP contribution in [0.2, 0.25) is 0 Å². The second-order valence-corrected chi connectivity index (χ2v) is 2.78. The molecule has 0 saturated carbocycles. The lowest BCUT2D eigenvalue weighted by Gasteiger charge is -2.07. The lowest BCUT2D eigenvalue weighted by Crippen LogP contribution is -1.97. The summed E-state index contributed by atoms with van der Waals surface area (Å²) in [5.74, 6) is -0.521. The van der Waals surface area contributed by atoms with E-state index >= 15 is 0 Å². The Kier molecular flexibility index (Phi) is 2.97. The lowest BCUT2D eigenvalue weighted by molar-refractivity contribution is 0.141. The van der Waals surface area contributed by atoms with Gasteiger partial charge in [-0.15, -0.1) is 0 Å². The van der Waals surface area contributed by atoms with E-state index in [1.807, 2.05) is 6.07 Å². The van der Waals surface area contributed by atoms with Crippen molar-refractivity contribution in [3.63, 3.8) is 0 Å². The molecule has 0 aliphatic rings. The molecule has 0 saturated heterocycles. The van der Waals surface area contributed by atoms with Crippen LogP contribution in [-0.2, 0) is 6.42 Å². The monoisotopic (exact) mass is 198 g/mol. The molecule has 74 valence electrons. The van der Waals surface area contributed by atoms with Crippen LogP contribution < -0.4 is 0 Å². The normalized spacial score (nSPS) is 10.2. The number of nitriles is 1. The van der Waals surface area contributed by atoms with E-state index in [1.165, 1.54) is 13.1 Å². The maximum atomic E-state index is 12.2. The molecule has 1 N–H and O–H groups in total. The summed E-state index contributed by atoms with van der Waals surface area (Å²) in [6.07, 6.45) is -1.56. The summed E-state index contributed by atoms with van der Waals surface area (Å²) in [5, 5.41) is 17.7. The average Bonchev–Trinajstić information content (AvgIpc) is 2.13. The van der Waals surface area contributed by atoms with Crippen molar-refractivity contribution >= 4 is 0 Å². The number of halogens is 2. The first kappa shape index (κ1) is 10.4. The smallest absolute Gasteiger partial charge is 0.284 e. The Labute approximate surface area is 79.6 Å². The summed E-state index contributed by atoms with van der Waals surface area (Å²) in [5.41, 5.74) is 0.121. The lowest BCUT2D eigenvalue weighted by atomic mass is 10.1. The predicted octanol–water partition coefficient (Wildman–Crippen LogP) is 2.10. The molecule has 1 rings (SSSR count). The van der Waals surface area contributed by atoms with Crippen LogP contribution in [0.5, 0.6) is 5.75 Å². The Morgan fingerprint density at radius 2 is 2.29 bits per heavy atom. The number of hydrogen-bond donors (Lipinski definition) is 1. The van der Waals surface area contributed by atoms with Crippen molar-refractivity contribution in [2.75, 3.05) is 0 Å². The Hall–Kier alpha value is -1.70. The second-order valence-electron chi connectivity index (χ2n) is 2.78. The molecular formula is C9H8F2N2O. The van der Waals surface area contributed by atoms with Crippen LogP contribution in [0.25, 0.3) is 0 Å². The summed E-state index contributed by atoms with van der Waals surface area (Å²) in [4.78, 5) is 3.41. The van der Waals surface area contributed by atoms with Crippen molar-refractivity contribution < 1.29 is 13.9 Å². The number of nitrogens with zero attached hydrogens (tertiary/aromatic N) is 2. The van der Waals surface area contributed by atoms with Crippen molar-refractivity contribution in [2.45, 2.75) is 19.8 Å². The van der Waals surface area contributed by atoms with Gasteiger partial charge in [0.25, 0.3) is 6.43 Å². The third kappa shape index (κ3) is 1.79. The molecule has 0 fully saturated rings. The fourth-order valence-electron chi connectivity index (χ4n) is 1.07. The van der Waals surface area contributed by atoms with Gasteiger partial charge in [0.2, 0.25) is 0 Å². The second kappa shape index (κ2) is 4.01. The molecule has 0 aliphatic carbocycles. The maximum Gasteiger partial charge on any atom is 0.284 e. The minimum absolute atomic E-state index is 0.0515. The molecule has 1 aromatic rings. The molecule has 0 amide bonds. The van der Waals surface area contributed by atoms with E-state index in [0.29, 0.717) is 5.56 Å². The Balaban J connectivity index is 3.20. The van der Waals surface area contributed by atoms with Crippen molar-refractivity contribution in [2.24, 2.45) is 0 Å².